The first-order valence-electron chi connectivity index (χ1n) is 9.54. The zero-order chi connectivity index (χ0) is 20.2. The first kappa shape index (κ1) is 20.0. The Kier molecular flexibility index (Phi) is 6.22. The smallest absolute Gasteiger partial charge is 0.309 e. The van der Waals surface area contributed by atoms with Crippen LogP contribution in [0.4, 0.5) is 0 Å². The van der Waals surface area contributed by atoms with E-state index in [1.165, 1.54) is 0 Å². The van der Waals surface area contributed by atoms with E-state index in [9.17, 15) is 4.79 Å². The van der Waals surface area contributed by atoms with E-state index < -0.39 is 0 Å². The number of rotatable bonds is 6. The monoisotopic (exact) mass is 431 g/mol. The molecule has 0 spiro atoms. The molecule has 2 aromatic heterocycles. The third-order valence-corrected chi connectivity index (χ3v) is 6.04. The van der Waals surface area contributed by atoms with Crippen LogP contribution < -0.4 is 0 Å². The van der Waals surface area contributed by atoms with E-state index in [0.717, 1.165) is 48.9 Å². The van der Waals surface area contributed by atoms with Gasteiger partial charge in [0.25, 0.3) is 0 Å². The average Bonchev–Trinajstić information content (AvgIpc) is 3.36. The van der Waals surface area contributed by atoms with E-state index in [4.69, 9.17) is 16.3 Å². The van der Waals surface area contributed by atoms with Gasteiger partial charge in [-0.25, -0.2) is 9.67 Å². The second-order valence-corrected chi connectivity index (χ2v) is 8.65. The van der Waals surface area contributed by atoms with Crippen molar-refractivity contribution in [2.75, 3.05) is 13.1 Å². The predicted molar refractivity (Wildman–Crippen MR) is 111 cm³/mol. The summed E-state index contributed by atoms with van der Waals surface area (Å²) in [7, 11) is 0. The van der Waals surface area contributed by atoms with Crippen LogP contribution in [-0.4, -0.2) is 43.9 Å². The van der Waals surface area contributed by atoms with Crippen molar-refractivity contribution >= 4 is 28.9 Å². The van der Waals surface area contributed by atoms with E-state index in [0.29, 0.717) is 10.7 Å². The number of hydrogen-bond acceptors (Lipinski definition) is 7. The van der Waals surface area contributed by atoms with Crippen molar-refractivity contribution in [3.8, 4) is 5.69 Å². The van der Waals surface area contributed by atoms with Gasteiger partial charge in [0.1, 0.15) is 12.3 Å². The molecule has 0 radical (unpaired) electrons. The van der Waals surface area contributed by atoms with Crippen molar-refractivity contribution in [2.24, 2.45) is 5.92 Å². The molecule has 0 aliphatic carbocycles. The molecule has 0 atom stereocenters. The fourth-order valence-electron chi connectivity index (χ4n) is 3.38. The van der Waals surface area contributed by atoms with Crippen LogP contribution in [-0.2, 0) is 22.7 Å². The van der Waals surface area contributed by atoms with E-state index in [1.54, 1.807) is 34.3 Å². The number of benzene rings is 1. The summed E-state index contributed by atoms with van der Waals surface area (Å²) in [5, 5.41) is 12.0. The van der Waals surface area contributed by atoms with Gasteiger partial charge in [-0.2, -0.15) is 0 Å². The molecular formula is C20H22ClN5O2S. The number of ether oxygens (including phenoxy) is 1. The Morgan fingerprint density at radius 2 is 2.00 bits per heavy atom. The molecule has 1 aliphatic heterocycles. The molecule has 0 saturated carbocycles. The normalized spacial score (nSPS) is 15.5. The number of aryl methyl sites for hydroxylation is 1. The largest absolute Gasteiger partial charge is 0.459 e. The van der Waals surface area contributed by atoms with Crippen LogP contribution in [0, 0.1) is 12.8 Å². The van der Waals surface area contributed by atoms with Gasteiger partial charge < -0.3 is 4.74 Å². The third-order valence-electron chi connectivity index (χ3n) is 4.97. The first-order chi connectivity index (χ1) is 14.1. The van der Waals surface area contributed by atoms with Crippen molar-refractivity contribution < 1.29 is 9.53 Å². The number of nitrogens with zero attached hydrogens (tertiary/aromatic N) is 5. The number of carbonyl (C=O) groups excluding carboxylic acids is 1. The SMILES string of the molecule is Cc1nc(CN2CCC(C(=O)OCc3cn(-c4ccc(Cl)cc4)nn3)CC2)cs1. The fraction of sp³-hybridized carbons (Fsp3) is 0.400. The van der Waals surface area contributed by atoms with Crippen molar-refractivity contribution in [2.45, 2.75) is 32.9 Å². The molecule has 1 saturated heterocycles. The number of piperidine rings is 1. The molecule has 1 fully saturated rings. The van der Waals surface area contributed by atoms with Crippen LogP contribution in [0.2, 0.25) is 5.02 Å². The molecule has 0 amide bonds. The van der Waals surface area contributed by atoms with Crippen molar-refractivity contribution in [1.29, 1.82) is 0 Å². The number of thiazole rings is 1. The Morgan fingerprint density at radius 3 is 2.69 bits per heavy atom. The van der Waals surface area contributed by atoms with E-state index in [2.05, 4.69) is 25.6 Å². The van der Waals surface area contributed by atoms with Gasteiger partial charge in [-0.3, -0.25) is 9.69 Å². The van der Waals surface area contributed by atoms with E-state index in [1.807, 2.05) is 19.1 Å². The Morgan fingerprint density at radius 1 is 1.24 bits per heavy atom. The minimum Gasteiger partial charge on any atom is -0.459 e. The number of halogens is 1. The molecule has 9 heteroatoms. The van der Waals surface area contributed by atoms with Crippen LogP contribution in [0.15, 0.2) is 35.8 Å². The van der Waals surface area contributed by atoms with Crippen LogP contribution >= 0.6 is 22.9 Å². The Labute approximate surface area is 178 Å². The van der Waals surface area contributed by atoms with Gasteiger partial charge >= 0.3 is 5.97 Å². The topological polar surface area (TPSA) is 73.1 Å². The molecule has 152 valence electrons. The summed E-state index contributed by atoms with van der Waals surface area (Å²) in [6.07, 6.45) is 3.37. The summed E-state index contributed by atoms with van der Waals surface area (Å²) in [5.41, 5.74) is 2.57. The van der Waals surface area contributed by atoms with Crippen molar-refractivity contribution in [3.63, 3.8) is 0 Å². The molecule has 29 heavy (non-hydrogen) atoms. The lowest BCUT2D eigenvalue weighted by atomic mass is 9.97. The van der Waals surface area contributed by atoms with Crippen LogP contribution in [0.25, 0.3) is 5.69 Å². The highest BCUT2D eigenvalue weighted by Crippen LogP contribution is 2.21. The predicted octanol–water partition coefficient (Wildman–Crippen LogP) is 3.64. The molecule has 0 unspecified atom stereocenters. The Hall–Kier alpha value is -2.29. The molecule has 1 aliphatic rings. The zero-order valence-electron chi connectivity index (χ0n) is 16.1. The maximum absolute atomic E-state index is 12.4. The highest BCUT2D eigenvalue weighted by atomic mass is 35.5. The Balaban J connectivity index is 1.24. The van der Waals surface area contributed by atoms with E-state index in [-0.39, 0.29) is 18.5 Å². The van der Waals surface area contributed by atoms with Crippen LogP contribution in [0.3, 0.4) is 0 Å². The molecule has 7 nitrogen and oxygen atoms in total. The lowest BCUT2D eigenvalue weighted by Gasteiger charge is -2.30. The molecule has 3 aromatic rings. The number of hydrogen-bond donors (Lipinski definition) is 0. The van der Waals surface area contributed by atoms with Crippen molar-refractivity contribution in [1.82, 2.24) is 24.9 Å². The summed E-state index contributed by atoms with van der Waals surface area (Å²) >= 11 is 7.58. The van der Waals surface area contributed by atoms with Gasteiger partial charge in [0.2, 0.25) is 0 Å². The number of likely N-dealkylation sites (tertiary alicyclic amines) is 1. The quantitative estimate of drug-likeness (QED) is 0.555. The average molecular weight is 432 g/mol. The van der Waals surface area contributed by atoms with E-state index >= 15 is 0 Å². The van der Waals surface area contributed by atoms with Crippen LogP contribution in [0.5, 0.6) is 0 Å². The summed E-state index contributed by atoms with van der Waals surface area (Å²) in [5.74, 6) is -0.218. The highest BCUT2D eigenvalue weighted by Gasteiger charge is 2.26. The standard InChI is InChI=1S/C20H22ClN5O2S/c1-14-22-18(13-29-14)10-25-8-6-15(7-9-25)20(27)28-12-17-11-26(24-23-17)19-4-2-16(21)3-5-19/h2-5,11,13,15H,6-10,12H2,1H3. The molecule has 3 heterocycles. The summed E-state index contributed by atoms with van der Waals surface area (Å²) in [6, 6.07) is 7.29. The minimum absolute atomic E-state index is 0.0604. The minimum atomic E-state index is -0.157. The molecule has 4 rings (SSSR count). The van der Waals surface area contributed by atoms with Gasteiger partial charge in [0.05, 0.1) is 28.5 Å². The van der Waals surface area contributed by atoms with Gasteiger partial charge in [-0.1, -0.05) is 16.8 Å². The first-order valence-corrected chi connectivity index (χ1v) is 10.8. The number of esters is 1. The highest BCUT2D eigenvalue weighted by molar-refractivity contribution is 7.09. The zero-order valence-corrected chi connectivity index (χ0v) is 17.7. The van der Waals surface area contributed by atoms with Gasteiger partial charge in [0, 0.05) is 16.9 Å². The molecule has 0 bridgehead atoms. The van der Waals surface area contributed by atoms with Crippen LogP contribution in [0.1, 0.15) is 29.2 Å². The summed E-state index contributed by atoms with van der Waals surface area (Å²) in [6.45, 7) is 4.75. The summed E-state index contributed by atoms with van der Waals surface area (Å²) < 4.78 is 7.12. The van der Waals surface area contributed by atoms with Gasteiger partial charge in [-0.05, 0) is 57.1 Å². The third kappa shape index (κ3) is 5.20. The fourth-order valence-corrected chi connectivity index (χ4v) is 4.11. The maximum atomic E-state index is 12.4. The van der Waals surface area contributed by atoms with Gasteiger partial charge in [0.15, 0.2) is 0 Å². The number of aromatic nitrogens is 4. The second kappa shape index (κ2) is 9.02. The molecular weight excluding hydrogens is 410 g/mol. The lowest BCUT2D eigenvalue weighted by molar-refractivity contribution is -0.151. The number of carbonyl (C=O) groups is 1. The Bertz CT molecular complexity index is 963. The lowest BCUT2D eigenvalue weighted by Crippen LogP contribution is -2.36. The van der Waals surface area contributed by atoms with Gasteiger partial charge in [-0.15, -0.1) is 16.4 Å². The molecule has 0 N–H and O–H groups in total. The van der Waals surface area contributed by atoms with Crippen molar-refractivity contribution in [3.05, 3.63) is 57.3 Å². The summed E-state index contributed by atoms with van der Waals surface area (Å²) in [4.78, 5) is 19.3. The molecule has 1 aromatic carbocycles. The maximum Gasteiger partial charge on any atom is 0.309 e. The second-order valence-electron chi connectivity index (χ2n) is 7.15.